The molecule has 8 heteroatoms. The van der Waals surface area contributed by atoms with Gasteiger partial charge >= 0.3 is 0 Å². The molecule has 20 heavy (non-hydrogen) atoms. The summed E-state index contributed by atoms with van der Waals surface area (Å²) >= 11 is 0. The maximum Gasteiger partial charge on any atom is 0.254 e. The molecule has 4 bridgehead atoms. The molecule has 0 atom stereocenters. The lowest BCUT2D eigenvalue weighted by atomic mass is 9.68. The van der Waals surface area contributed by atoms with E-state index in [4.69, 9.17) is 0 Å². The highest BCUT2D eigenvalue weighted by Crippen LogP contribution is 2.50. The van der Waals surface area contributed by atoms with Crippen LogP contribution in [0.5, 0.6) is 0 Å². The van der Waals surface area contributed by atoms with Crippen molar-refractivity contribution >= 4 is 0 Å². The quantitative estimate of drug-likeness (QED) is 0.553. The molecule has 112 valence electrons. The molecule has 0 aromatic heterocycles. The average Bonchev–Trinajstić information content (AvgIpc) is 2.39. The highest BCUT2D eigenvalue weighted by atomic mass is 16.6. The lowest BCUT2D eigenvalue weighted by Crippen LogP contribution is -2.87. The Bertz CT molecular complexity index is 426. The topological polar surface area (TPSA) is 92.8 Å². The van der Waals surface area contributed by atoms with E-state index in [1.807, 2.05) is 9.80 Å². The minimum absolute atomic E-state index is 0.0660. The summed E-state index contributed by atoms with van der Waals surface area (Å²) in [7, 11) is 0. The van der Waals surface area contributed by atoms with Crippen molar-refractivity contribution in [3.05, 3.63) is 20.2 Å². The van der Waals surface area contributed by atoms with Gasteiger partial charge in [0.25, 0.3) is 11.1 Å². The van der Waals surface area contributed by atoms with Gasteiger partial charge in [-0.15, -0.1) is 0 Å². The number of hydrogen-bond acceptors (Lipinski definition) is 6. The number of nitro groups is 2. The van der Waals surface area contributed by atoms with Gasteiger partial charge < -0.3 is 0 Å². The van der Waals surface area contributed by atoms with Crippen molar-refractivity contribution < 1.29 is 9.85 Å². The number of piperidine rings is 2. The molecule has 0 radical (unpaired) electrons. The molecule has 0 unspecified atom stereocenters. The first-order valence-corrected chi connectivity index (χ1v) is 7.13. The van der Waals surface area contributed by atoms with Crippen molar-refractivity contribution in [1.29, 1.82) is 0 Å². The van der Waals surface area contributed by atoms with Crippen molar-refractivity contribution in [2.24, 2.45) is 0 Å². The monoisotopic (exact) mass is 284 g/mol. The molecule has 4 fully saturated rings. The fraction of sp³-hybridized carbons (Fsp3) is 1.00. The van der Waals surface area contributed by atoms with Gasteiger partial charge in [-0.3, -0.25) is 30.0 Å². The zero-order chi connectivity index (χ0) is 14.8. The third-order valence-corrected chi connectivity index (χ3v) is 5.68. The van der Waals surface area contributed by atoms with Gasteiger partial charge in [-0.25, -0.2) is 0 Å². The van der Waals surface area contributed by atoms with Crippen LogP contribution in [0, 0.1) is 20.2 Å². The van der Waals surface area contributed by atoms with E-state index in [0.717, 1.165) is 12.8 Å². The zero-order valence-corrected chi connectivity index (χ0v) is 11.9. The van der Waals surface area contributed by atoms with Crippen LogP contribution in [0.2, 0.25) is 0 Å². The van der Waals surface area contributed by atoms with Gasteiger partial charge in [0.1, 0.15) is 0 Å². The second-order valence-corrected chi connectivity index (χ2v) is 6.54. The fourth-order valence-corrected chi connectivity index (χ4v) is 4.76. The first kappa shape index (κ1) is 13.7. The van der Waals surface area contributed by atoms with E-state index >= 15 is 0 Å². The largest absolute Gasteiger partial charge is 0.271 e. The molecule has 4 heterocycles. The Hall–Kier alpha value is -1.28. The number of rotatable bonds is 4. The van der Waals surface area contributed by atoms with Crippen LogP contribution in [-0.2, 0) is 0 Å². The van der Waals surface area contributed by atoms with Gasteiger partial charge in [0.2, 0.25) is 0 Å². The highest BCUT2D eigenvalue weighted by molar-refractivity contribution is 5.16. The van der Waals surface area contributed by atoms with Gasteiger partial charge in [0, 0.05) is 9.85 Å². The maximum atomic E-state index is 11.5. The smallest absolute Gasteiger partial charge is 0.254 e. The molecule has 4 saturated heterocycles. The van der Waals surface area contributed by atoms with Crippen molar-refractivity contribution in [1.82, 2.24) is 9.80 Å². The third kappa shape index (κ3) is 1.38. The molecular weight excluding hydrogens is 264 g/mol. The molecule has 0 aromatic carbocycles. The standard InChI is InChI=1S/C12H20N4O4/c1-3-12(4-2)13-6-10(15(17)18)5-11(8-13,16(19)20)9-14(12)7-10/h3-9H2,1-2H3. The molecule has 4 aliphatic rings. The van der Waals surface area contributed by atoms with E-state index in [-0.39, 0.29) is 21.9 Å². The van der Waals surface area contributed by atoms with Gasteiger partial charge in [-0.05, 0) is 12.8 Å². The van der Waals surface area contributed by atoms with Crippen LogP contribution in [0.3, 0.4) is 0 Å². The Labute approximate surface area is 117 Å². The Kier molecular flexibility index (Phi) is 2.66. The van der Waals surface area contributed by atoms with Crippen LogP contribution < -0.4 is 0 Å². The van der Waals surface area contributed by atoms with Crippen LogP contribution in [-0.4, -0.2) is 62.6 Å². The molecule has 0 N–H and O–H groups in total. The zero-order valence-electron chi connectivity index (χ0n) is 11.9. The summed E-state index contributed by atoms with van der Waals surface area (Å²) in [5.74, 6) is 0. The second kappa shape index (κ2) is 3.88. The Morgan fingerprint density at radius 2 is 1.25 bits per heavy atom. The van der Waals surface area contributed by atoms with E-state index in [0.29, 0.717) is 26.2 Å². The average molecular weight is 284 g/mol. The lowest BCUT2D eigenvalue weighted by molar-refractivity contribution is -0.649. The van der Waals surface area contributed by atoms with Crippen molar-refractivity contribution in [3.63, 3.8) is 0 Å². The summed E-state index contributed by atoms with van der Waals surface area (Å²) in [5, 5.41) is 23.1. The maximum absolute atomic E-state index is 11.5. The van der Waals surface area contributed by atoms with E-state index < -0.39 is 11.1 Å². The highest BCUT2D eigenvalue weighted by Gasteiger charge is 2.74. The van der Waals surface area contributed by atoms with E-state index in [1.54, 1.807) is 0 Å². The molecule has 0 saturated carbocycles. The Balaban J connectivity index is 2.08. The van der Waals surface area contributed by atoms with Crippen LogP contribution in [0.15, 0.2) is 0 Å². The minimum atomic E-state index is -1.17. The fourth-order valence-electron chi connectivity index (χ4n) is 4.76. The van der Waals surface area contributed by atoms with E-state index in [1.165, 1.54) is 0 Å². The summed E-state index contributed by atoms with van der Waals surface area (Å²) in [6, 6.07) is 0. The predicted octanol–water partition coefficient (Wildman–Crippen LogP) is 0.569. The molecule has 0 aromatic rings. The summed E-state index contributed by atoms with van der Waals surface area (Å²) in [6.45, 7) is 5.48. The van der Waals surface area contributed by atoms with Crippen molar-refractivity contribution in [3.8, 4) is 0 Å². The third-order valence-electron chi connectivity index (χ3n) is 5.68. The Morgan fingerprint density at radius 1 is 0.900 bits per heavy atom. The van der Waals surface area contributed by atoms with Crippen LogP contribution in [0.25, 0.3) is 0 Å². The van der Waals surface area contributed by atoms with Gasteiger partial charge in [0.05, 0.1) is 38.3 Å². The normalized spacial score (nSPS) is 44.5. The van der Waals surface area contributed by atoms with Crippen LogP contribution >= 0.6 is 0 Å². The number of hydrogen-bond donors (Lipinski definition) is 0. The van der Waals surface area contributed by atoms with E-state index in [9.17, 15) is 20.2 Å². The first-order chi connectivity index (χ1) is 9.34. The summed E-state index contributed by atoms with van der Waals surface area (Å²) in [6.07, 6.45) is 1.74. The summed E-state index contributed by atoms with van der Waals surface area (Å²) in [4.78, 5) is 26.5. The van der Waals surface area contributed by atoms with E-state index in [2.05, 4.69) is 13.8 Å². The Morgan fingerprint density at radius 3 is 1.50 bits per heavy atom. The van der Waals surface area contributed by atoms with Gasteiger partial charge in [0.15, 0.2) is 0 Å². The first-order valence-electron chi connectivity index (χ1n) is 7.13. The van der Waals surface area contributed by atoms with Crippen LogP contribution in [0.4, 0.5) is 0 Å². The summed E-state index contributed by atoms with van der Waals surface area (Å²) in [5.41, 5.74) is -2.58. The summed E-state index contributed by atoms with van der Waals surface area (Å²) < 4.78 is 0. The molecule has 4 aliphatic heterocycles. The molecule has 0 amide bonds. The molecular formula is C12H20N4O4. The lowest BCUT2D eigenvalue weighted by Gasteiger charge is -2.65. The predicted molar refractivity (Wildman–Crippen MR) is 70.5 cm³/mol. The van der Waals surface area contributed by atoms with Gasteiger partial charge in [-0.1, -0.05) is 13.8 Å². The van der Waals surface area contributed by atoms with Gasteiger partial charge in [-0.2, -0.15) is 0 Å². The van der Waals surface area contributed by atoms with Crippen LogP contribution in [0.1, 0.15) is 33.1 Å². The second-order valence-electron chi connectivity index (χ2n) is 6.54. The molecule has 0 aliphatic carbocycles. The van der Waals surface area contributed by atoms with Crippen molar-refractivity contribution in [2.75, 3.05) is 26.2 Å². The SMILES string of the molecule is CCC1(CC)N2CC3([N+](=O)[O-])CN1CC([N+](=O)[O-])(C2)C3. The minimum Gasteiger partial charge on any atom is -0.271 e. The molecule has 4 rings (SSSR count). The molecule has 0 spiro atoms. The molecule has 8 nitrogen and oxygen atoms in total. The number of nitrogens with zero attached hydrogens (tertiary/aromatic N) is 4. The van der Waals surface area contributed by atoms with Crippen molar-refractivity contribution in [2.45, 2.75) is 49.9 Å².